The van der Waals surface area contributed by atoms with Crippen LogP contribution < -0.4 is 11.2 Å². The van der Waals surface area contributed by atoms with E-state index >= 15 is 0 Å². The quantitative estimate of drug-likeness (QED) is 0.602. The van der Waals surface area contributed by atoms with Crippen LogP contribution in [0.2, 0.25) is 22.2 Å². The summed E-state index contributed by atoms with van der Waals surface area (Å²) in [6, 6.07) is 3.44. The number of fused-ring (bicyclic) bond motifs is 1. The number of nitriles is 1. The number of rotatable bonds is 5. The molecule has 0 aliphatic carbocycles. The predicted octanol–water partition coefficient (Wildman–Crippen LogP) is 3.70. The fraction of sp³-hybridized carbons (Fsp3) is 0.783. The van der Waals surface area contributed by atoms with Crippen molar-refractivity contribution in [3.8, 4) is 6.07 Å². The molecule has 2 aliphatic heterocycles. The Morgan fingerprint density at radius 3 is 2.09 bits per heavy atom. The van der Waals surface area contributed by atoms with Gasteiger partial charge < -0.3 is 17.7 Å². The molecule has 2 saturated heterocycles. The average Bonchev–Trinajstić information content (AvgIpc) is 2.98. The minimum atomic E-state index is -2.91. The molecule has 4 unspecified atom stereocenters. The smallest absolute Gasteiger partial charge is 0.335 e. The summed E-state index contributed by atoms with van der Waals surface area (Å²) < 4.78 is 28.5. The number of nitrogens with zero attached hydrogens (tertiary/aromatic N) is 2. The van der Waals surface area contributed by atoms with Crippen molar-refractivity contribution in [3.05, 3.63) is 33.1 Å². The zero-order chi connectivity index (χ0) is 25.6. The fourth-order valence-corrected chi connectivity index (χ4v) is 16.8. The third kappa shape index (κ3) is 4.08. The minimum Gasteiger partial charge on any atom is -0.414 e. The maximum Gasteiger partial charge on any atom is 0.335 e. The second kappa shape index (κ2) is 9.48. The lowest BCUT2D eigenvalue weighted by Gasteiger charge is -2.51. The second-order valence-electron chi connectivity index (χ2n) is 10.8. The Bertz CT molecular complexity index is 1030. The third-order valence-corrected chi connectivity index (χ3v) is 17.7. The lowest BCUT2D eigenvalue weighted by Crippen LogP contribution is -2.65. The van der Waals surface area contributed by atoms with Crippen LogP contribution in [-0.4, -0.2) is 45.5 Å². The first kappa shape index (κ1) is 27.0. The molecule has 0 amide bonds. The number of H-pyrrole nitrogens is 1. The maximum absolute atomic E-state index is 12.7. The van der Waals surface area contributed by atoms with Gasteiger partial charge in [0.15, 0.2) is 0 Å². The molecule has 9 nitrogen and oxygen atoms in total. The first-order valence-corrected chi connectivity index (χ1v) is 16.1. The molecule has 2 fully saturated rings. The van der Waals surface area contributed by atoms with Gasteiger partial charge in [-0.05, 0) is 22.2 Å². The van der Waals surface area contributed by atoms with Gasteiger partial charge >= 0.3 is 22.8 Å². The zero-order valence-electron chi connectivity index (χ0n) is 21.7. The van der Waals surface area contributed by atoms with Crippen LogP contribution >= 0.6 is 0 Å². The Kier molecular flexibility index (Phi) is 7.54. The van der Waals surface area contributed by atoms with E-state index in [1.807, 2.05) is 6.92 Å². The van der Waals surface area contributed by atoms with Gasteiger partial charge in [-0.1, -0.05) is 62.3 Å². The maximum atomic E-state index is 12.7. The molecule has 2 aliphatic rings. The zero-order valence-corrected chi connectivity index (χ0v) is 23.7. The molecule has 3 rings (SSSR count). The number of hydrogen-bond acceptors (Lipinski definition) is 7. The highest BCUT2D eigenvalue weighted by Crippen LogP contribution is 2.50. The largest absolute Gasteiger partial charge is 0.414 e. The van der Waals surface area contributed by atoms with E-state index in [4.69, 9.17) is 17.7 Å². The molecule has 1 aromatic rings. The molecule has 11 heteroatoms. The van der Waals surface area contributed by atoms with E-state index in [1.54, 1.807) is 0 Å². The summed E-state index contributed by atoms with van der Waals surface area (Å²) in [5.41, 5.74) is -2.26. The first-order valence-electron chi connectivity index (χ1n) is 12.2. The van der Waals surface area contributed by atoms with Crippen LogP contribution in [0.4, 0.5) is 0 Å². The average molecular weight is 510 g/mol. The standard InChI is InChI=1S/C23H39N3O6Si2/c1-14(2)33(15(3)4)29-12-19-21(31-34(32-33,16(5)6)17(7)8)18(9)23(13-24,30-19)26-11-10-20(27)25-22(26)28/h10-11,14-19,21H,12H2,1-9H3,(H,25,27,28). The summed E-state index contributed by atoms with van der Waals surface area (Å²) in [5.74, 6) is -0.519. The van der Waals surface area contributed by atoms with Crippen LogP contribution in [0, 0.1) is 17.2 Å². The Morgan fingerprint density at radius 1 is 1.06 bits per heavy atom. The van der Waals surface area contributed by atoms with Gasteiger partial charge in [-0.2, -0.15) is 5.26 Å². The van der Waals surface area contributed by atoms with E-state index in [-0.39, 0.29) is 28.8 Å². The Labute approximate surface area is 203 Å². The highest BCUT2D eigenvalue weighted by Gasteiger charge is 2.64. The molecule has 1 N–H and O–H groups in total. The molecule has 3 heterocycles. The molecule has 0 saturated carbocycles. The normalized spacial score (nSPS) is 30.9. The molecule has 0 bridgehead atoms. The monoisotopic (exact) mass is 509 g/mol. The van der Waals surface area contributed by atoms with Crippen LogP contribution in [-0.2, 0) is 23.4 Å². The van der Waals surface area contributed by atoms with Crippen LogP contribution in [0.3, 0.4) is 0 Å². The SMILES string of the molecule is CC1C2O[Si](C(C)C)(C(C)C)O[Si](C(C)C)(C(C)C)OCC2OC1(C#N)n1ccc(=O)[nH]c1=O. The summed E-state index contributed by atoms with van der Waals surface area (Å²) in [4.78, 5) is 26.6. The Morgan fingerprint density at radius 2 is 1.62 bits per heavy atom. The number of hydrogen-bond donors (Lipinski definition) is 1. The first-order chi connectivity index (χ1) is 15.8. The number of aromatic nitrogens is 2. The molecule has 0 aromatic carbocycles. The highest BCUT2D eigenvalue weighted by molar-refractivity contribution is 6.83. The van der Waals surface area contributed by atoms with Gasteiger partial charge in [0, 0.05) is 18.2 Å². The van der Waals surface area contributed by atoms with Gasteiger partial charge in [-0.15, -0.1) is 0 Å². The summed E-state index contributed by atoms with van der Waals surface area (Å²) in [6.45, 7) is 19.2. The van der Waals surface area contributed by atoms with E-state index in [0.29, 0.717) is 0 Å². The van der Waals surface area contributed by atoms with Crippen LogP contribution in [0.5, 0.6) is 0 Å². The van der Waals surface area contributed by atoms with E-state index in [2.05, 4.69) is 66.4 Å². The van der Waals surface area contributed by atoms with Crippen molar-refractivity contribution in [2.75, 3.05) is 6.61 Å². The highest BCUT2D eigenvalue weighted by atomic mass is 28.5. The minimum absolute atomic E-state index is 0.124. The fourth-order valence-electron chi connectivity index (χ4n) is 5.53. The van der Waals surface area contributed by atoms with Crippen LogP contribution in [0.1, 0.15) is 62.3 Å². The van der Waals surface area contributed by atoms with Crippen LogP contribution in [0.25, 0.3) is 0 Å². The summed E-state index contributed by atoms with van der Waals surface area (Å²) in [7, 11) is -5.66. The van der Waals surface area contributed by atoms with E-state index in [0.717, 1.165) is 4.57 Å². The predicted molar refractivity (Wildman–Crippen MR) is 133 cm³/mol. The van der Waals surface area contributed by atoms with Crippen molar-refractivity contribution in [2.45, 2.75) is 102 Å². The number of ether oxygens (including phenoxy) is 1. The van der Waals surface area contributed by atoms with Gasteiger partial charge in [0.2, 0.25) is 5.72 Å². The molecule has 4 atom stereocenters. The lowest BCUT2D eigenvalue weighted by atomic mass is 9.94. The van der Waals surface area contributed by atoms with Crippen molar-refractivity contribution in [3.63, 3.8) is 0 Å². The number of nitrogens with one attached hydrogen (secondary N) is 1. The summed E-state index contributed by atoms with van der Waals surface area (Å²) in [6.07, 6.45) is 0.237. The van der Waals surface area contributed by atoms with Gasteiger partial charge in [0.05, 0.1) is 12.7 Å². The summed E-state index contributed by atoms with van der Waals surface area (Å²) in [5, 5.41) is 10.3. The van der Waals surface area contributed by atoms with Crippen LogP contribution in [0.15, 0.2) is 21.9 Å². The third-order valence-electron chi connectivity index (χ3n) is 7.48. The van der Waals surface area contributed by atoms with Crippen molar-refractivity contribution in [1.29, 1.82) is 5.26 Å². The Balaban J connectivity index is 2.19. The van der Waals surface area contributed by atoms with E-state index < -0.39 is 52.2 Å². The van der Waals surface area contributed by atoms with Gasteiger partial charge in [-0.25, -0.2) is 4.79 Å². The molecule has 1 aromatic heterocycles. The topological polar surface area (TPSA) is 116 Å². The van der Waals surface area contributed by atoms with Crippen molar-refractivity contribution in [2.24, 2.45) is 5.92 Å². The number of aromatic amines is 1. The van der Waals surface area contributed by atoms with Gasteiger partial charge in [0.25, 0.3) is 5.56 Å². The molecular formula is C23H39N3O6Si2. The Hall–Kier alpha value is -1.56. The van der Waals surface area contributed by atoms with Gasteiger partial charge in [-0.3, -0.25) is 14.3 Å². The van der Waals surface area contributed by atoms with E-state index in [9.17, 15) is 14.9 Å². The van der Waals surface area contributed by atoms with Crippen molar-refractivity contribution in [1.82, 2.24) is 9.55 Å². The van der Waals surface area contributed by atoms with Crippen molar-refractivity contribution < 1.29 is 17.7 Å². The van der Waals surface area contributed by atoms with E-state index in [1.165, 1.54) is 12.3 Å². The molecule has 0 radical (unpaired) electrons. The molecular weight excluding hydrogens is 470 g/mol. The molecule has 190 valence electrons. The lowest BCUT2D eigenvalue weighted by molar-refractivity contribution is -0.0953. The van der Waals surface area contributed by atoms with Crippen molar-refractivity contribution >= 4 is 17.1 Å². The van der Waals surface area contributed by atoms with Gasteiger partial charge in [0.1, 0.15) is 12.2 Å². The second-order valence-corrected chi connectivity index (χ2v) is 19.6. The summed E-state index contributed by atoms with van der Waals surface area (Å²) >= 11 is 0. The molecule has 34 heavy (non-hydrogen) atoms. The molecule has 0 spiro atoms.